The van der Waals surface area contributed by atoms with Gasteiger partial charge in [-0.15, -0.1) is 0 Å². The maximum absolute atomic E-state index is 6.49. The molecule has 6 heteroatoms. The molecule has 0 atom stereocenters. The lowest BCUT2D eigenvalue weighted by atomic mass is 10.4. The molecule has 0 radical (unpaired) electrons. The van der Waals surface area contributed by atoms with Crippen LogP contribution in [0.1, 0.15) is 25.7 Å². The molecule has 0 rings (SSSR count). The van der Waals surface area contributed by atoms with Crippen molar-refractivity contribution in [3.05, 3.63) is 0 Å². The van der Waals surface area contributed by atoms with Gasteiger partial charge in [0.05, 0.1) is 8.07 Å². The molecule has 0 unspecified atom stereocenters. The van der Waals surface area contributed by atoms with Crippen molar-refractivity contribution < 1.29 is 0 Å². The van der Waals surface area contributed by atoms with Gasteiger partial charge in [0, 0.05) is 5.33 Å². The molecular formula is C15H35BrCl2Si3. The first-order valence-electron chi connectivity index (χ1n) is 8.41. The molecule has 0 saturated carbocycles. The summed E-state index contributed by atoms with van der Waals surface area (Å²) >= 11 is 16.5. The number of rotatable bonds is 12. The van der Waals surface area contributed by atoms with E-state index in [2.05, 4.69) is 48.7 Å². The van der Waals surface area contributed by atoms with Crippen LogP contribution in [0.5, 0.6) is 0 Å². The van der Waals surface area contributed by atoms with E-state index in [0.717, 1.165) is 5.33 Å². The molecule has 0 spiro atoms. The maximum Gasteiger partial charge on any atom is 0.150 e. The Hall–Kier alpha value is 1.71. The Morgan fingerprint density at radius 2 is 1.00 bits per heavy atom. The summed E-state index contributed by atoms with van der Waals surface area (Å²) in [5.41, 5.74) is 0. The van der Waals surface area contributed by atoms with Gasteiger partial charge in [0.2, 0.25) is 0 Å². The fraction of sp³-hybridized carbons (Fsp3) is 1.00. The first kappa shape index (κ1) is 22.7. The highest BCUT2D eigenvalue weighted by Crippen LogP contribution is 2.32. The van der Waals surface area contributed by atoms with E-state index in [1.54, 1.807) is 0 Å². The predicted octanol–water partition coefficient (Wildman–Crippen LogP) is 7.91. The molecule has 0 N–H and O–H groups in total. The first-order chi connectivity index (χ1) is 9.47. The Bertz CT molecular complexity index is 255. The monoisotopic (exact) mass is 448 g/mol. The van der Waals surface area contributed by atoms with Crippen LogP contribution in [0.25, 0.3) is 0 Å². The van der Waals surface area contributed by atoms with E-state index < -0.39 is 22.8 Å². The van der Waals surface area contributed by atoms with Crippen LogP contribution in [0.3, 0.4) is 0 Å². The smallest absolute Gasteiger partial charge is 0.150 e. The lowest BCUT2D eigenvalue weighted by molar-refractivity contribution is 0.850. The van der Waals surface area contributed by atoms with Crippen molar-refractivity contribution in [2.75, 3.05) is 5.33 Å². The highest BCUT2D eigenvalue weighted by atomic mass is 79.9. The summed E-state index contributed by atoms with van der Waals surface area (Å²) in [7, 11) is -3.85. The van der Waals surface area contributed by atoms with E-state index in [9.17, 15) is 0 Å². The minimum absolute atomic E-state index is 1.08. The molecule has 0 bridgehead atoms. The zero-order valence-electron chi connectivity index (χ0n) is 14.7. The van der Waals surface area contributed by atoms with Crippen LogP contribution >= 0.6 is 38.1 Å². The SMILES string of the molecule is C[Si](C)(Cl)CCC[Si](C)(CCCCBr)CCC[Si](C)(C)Cl. The number of alkyl halides is 1. The van der Waals surface area contributed by atoms with Crippen molar-refractivity contribution in [3.8, 4) is 0 Å². The lowest BCUT2D eigenvalue weighted by Crippen LogP contribution is -2.31. The molecule has 0 aliphatic carbocycles. The summed E-state index contributed by atoms with van der Waals surface area (Å²) in [6.45, 7) is 11.7. The van der Waals surface area contributed by atoms with Crippen molar-refractivity contribution >= 4 is 60.9 Å². The van der Waals surface area contributed by atoms with Crippen molar-refractivity contribution in [1.82, 2.24) is 0 Å². The molecule has 0 aliphatic rings. The van der Waals surface area contributed by atoms with Gasteiger partial charge in [0.15, 0.2) is 0 Å². The van der Waals surface area contributed by atoms with Gasteiger partial charge in [0.1, 0.15) is 14.8 Å². The second-order valence-electron chi connectivity index (χ2n) is 8.10. The molecule has 0 heterocycles. The van der Waals surface area contributed by atoms with E-state index in [1.807, 2.05) is 0 Å². The van der Waals surface area contributed by atoms with Crippen molar-refractivity contribution in [2.24, 2.45) is 0 Å². The topological polar surface area (TPSA) is 0 Å². The summed E-state index contributed by atoms with van der Waals surface area (Å²) < 4.78 is 0. The van der Waals surface area contributed by atoms with Crippen molar-refractivity contribution in [2.45, 2.75) is 88.6 Å². The van der Waals surface area contributed by atoms with Gasteiger partial charge in [-0.3, -0.25) is 0 Å². The second kappa shape index (κ2) is 10.5. The molecule has 0 amide bonds. The summed E-state index contributed by atoms with van der Waals surface area (Å²) in [6.07, 6.45) is 5.45. The van der Waals surface area contributed by atoms with Crippen LogP contribution < -0.4 is 0 Å². The molecular weight excluding hydrogens is 415 g/mol. The van der Waals surface area contributed by atoms with E-state index in [-0.39, 0.29) is 0 Å². The summed E-state index contributed by atoms with van der Waals surface area (Å²) in [4.78, 5) is 0. The highest BCUT2D eigenvalue weighted by Gasteiger charge is 2.28. The Morgan fingerprint density at radius 3 is 1.33 bits per heavy atom. The molecule has 0 nitrogen and oxygen atoms in total. The van der Waals surface area contributed by atoms with Crippen LogP contribution in [0, 0.1) is 0 Å². The summed E-state index contributed by atoms with van der Waals surface area (Å²) in [5, 5.41) is 1.15. The Labute approximate surface area is 154 Å². The molecule has 0 aliphatic heterocycles. The molecule has 0 saturated heterocycles. The average molecular weight is 451 g/mol. The van der Waals surface area contributed by atoms with E-state index >= 15 is 0 Å². The van der Waals surface area contributed by atoms with Crippen LogP contribution in [0.15, 0.2) is 0 Å². The van der Waals surface area contributed by atoms with E-state index in [4.69, 9.17) is 22.2 Å². The third-order valence-electron chi connectivity index (χ3n) is 4.27. The largest absolute Gasteiger partial charge is 0.168 e. The number of halogens is 3. The van der Waals surface area contributed by atoms with Gasteiger partial charge in [-0.25, -0.2) is 0 Å². The molecule has 0 aromatic heterocycles. The highest BCUT2D eigenvalue weighted by molar-refractivity contribution is 9.09. The molecule has 0 fully saturated rings. The first-order valence-corrected chi connectivity index (χ1v) is 21.1. The Kier molecular flexibility index (Phi) is 11.4. The standard InChI is InChI=1S/C15H35BrCl2Si3/c1-19(2,17)11-8-14-21(5,13-7-6-10-16)15-9-12-20(3,4)18/h6-15H2,1-5H3. The van der Waals surface area contributed by atoms with Crippen molar-refractivity contribution in [1.29, 1.82) is 0 Å². The minimum atomic E-state index is -1.38. The Morgan fingerprint density at radius 1 is 0.619 bits per heavy atom. The van der Waals surface area contributed by atoms with E-state index in [0.29, 0.717) is 0 Å². The number of hydrogen-bond acceptors (Lipinski definition) is 0. The van der Waals surface area contributed by atoms with Gasteiger partial charge in [0.25, 0.3) is 0 Å². The number of hydrogen-bond donors (Lipinski definition) is 0. The second-order valence-corrected chi connectivity index (χ2v) is 28.0. The fourth-order valence-corrected chi connectivity index (χ4v) is 10.7. The van der Waals surface area contributed by atoms with Gasteiger partial charge >= 0.3 is 0 Å². The predicted molar refractivity (Wildman–Crippen MR) is 115 cm³/mol. The molecule has 128 valence electrons. The Balaban J connectivity index is 4.32. The van der Waals surface area contributed by atoms with Crippen LogP contribution in [0.2, 0.25) is 63.0 Å². The van der Waals surface area contributed by atoms with Crippen LogP contribution in [-0.2, 0) is 0 Å². The van der Waals surface area contributed by atoms with Gasteiger partial charge in [-0.2, -0.15) is 22.2 Å². The third kappa shape index (κ3) is 15.0. The maximum atomic E-state index is 6.49. The minimum Gasteiger partial charge on any atom is -0.168 e. The fourth-order valence-electron chi connectivity index (χ4n) is 2.89. The van der Waals surface area contributed by atoms with Crippen LogP contribution in [-0.4, -0.2) is 28.2 Å². The molecule has 0 aromatic carbocycles. The lowest BCUT2D eigenvalue weighted by Gasteiger charge is -2.29. The number of unbranched alkanes of at least 4 members (excludes halogenated alkanes) is 1. The van der Waals surface area contributed by atoms with Gasteiger partial charge in [-0.1, -0.05) is 86.1 Å². The normalized spacial score (nSPS) is 13.7. The quantitative estimate of drug-likeness (QED) is 0.123. The third-order valence-corrected chi connectivity index (χ3v) is 13.7. The zero-order chi connectivity index (χ0) is 16.6. The molecule has 21 heavy (non-hydrogen) atoms. The van der Waals surface area contributed by atoms with Gasteiger partial charge < -0.3 is 0 Å². The summed E-state index contributed by atoms with van der Waals surface area (Å²) in [6, 6.07) is 7.01. The average Bonchev–Trinajstić information content (AvgIpc) is 2.25. The van der Waals surface area contributed by atoms with Crippen LogP contribution in [0.4, 0.5) is 0 Å². The van der Waals surface area contributed by atoms with E-state index in [1.165, 1.54) is 55.9 Å². The summed E-state index contributed by atoms with van der Waals surface area (Å²) in [5.74, 6) is 0. The van der Waals surface area contributed by atoms with Crippen molar-refractivity contribution in [3.63, 3.8) is 0 Å². The molecule has 0 aromatic rings. The zero-order valence-corrected chi connectivity index (χ0v) is 20.8. The van der Waals surface area contributed by atoms with Gasteiger partial charge in [-0.05, 0) is 18.5 Å².